The average Bonchev–Trinajstić information content (AvgIpc) is 3.22. The molecule has 3 fully saturated rings. The minimum Gasteiger partial charge on any atom is -0.339 e. The molecule has 3 aliphatic rings. The normalized spacial score (nSPS) is 25.5. The molecular formula is C23H31N5O2. The van der Waals surface area contributed by atoms with Crippen molar-refractivity contribution in [1.82, 2.24) is 24.4 Å². The second kappa shape index (κ2) is 8.36. The van der Waals surface area contributed by atoms with Crippen LogP contribution in [0.5, 0.6) is 0 Å². The minimum atomic E-state index is -0.0235. The first-order valence-corrected chi connectivity index (χ1v) is 11.6. The molecule has 30 heavy (non-hydrogen) atoms. The Morgan fingerprint density at radius 2 is 2.00 bits per heavy atom. The van der Waals surface area contributed by atoms with Crippen molar-refractivity contribution < 1.29 is 9.59 Å². The first-order chi connectivity index (χ1) is 14.7. The average molecular weight is 410 g/mol. The van der Waals surface area contributed by atoms with Crippen molar-refractivity contribution in [3.8, 4) is 0 Å². The van der Waals surface area contributed by atoms with Crippen molar-refractivity contribution in [2.75, 3.05) is 19.6 Å². The van der Waals surface area contributed by atoms with Crippen LogP contribution in [-0.4, -0.2) is 61.9 Å². The number of hydrogen-bond acceptors (Lipinski definition) is 4. The number of piperidine rings is 2. The maximum absolute atomic E-state index is 13.1. The van der Waals surface area contributed by atoms with Crippen LogP contribution >= 0.6 is 0 Å². The summed E-state index contributed by atoms with van der Waals surface area (Å²) < 4.78 is 1.65. The lowest BCUT2D eigenvalue weighted by molar-refractivity contribution is -0.140. The molecule has 160 valence electrons. The van der Waals surface area contributed by atoms with Gasteiger partial charge >= 0.3 is 0 Å². The molecule has 2 aromatic heterocycles. The molecule has 0 aromatic carbocycles. The third-order valence-corrected chi connectivity index (χ3v) is 7.39. The summed E-state index contributed by atoms with van der Waals surface area (Å²) in [6, 6.07) is 3.86. The molecule has 0 bridgehead atoms. The number of rotatable bonds is 4. The molecule has 1 aliphatic carbocycles. The molecule has 2 atom stereocenters. The van der Waals surface area contributed by atoms with Crippen LogP contribution in [0.15, 0.2) is 24.5 Å². The van der Waals surface area contributed by atoms with E-state index in [0.29, 0.717) is 42.2 Å². The van der Waals surface area contributed by atoms with Crippen molar-refractivity contribution in [3.05, 3.63) is 30.2 Å². The molecule has 0 unspecified atom stereocenters. The van der Waals surface area contributed by atoms with Crippen LogP contribution < -0.4 is 0 Å². The molecule has 0 spiro atoms. The topological polar surface area (TPSA) is 70.8 Å². The molecule has 2 amide bonds. The van der Waals surface area contributed by atoms with Crippen molar-refractivity contribution >= 4 is 17.5 Å². The lowest BCUT2D eigenvalue weighted by Gasteiger charge is -2.47. The van der Waals surface area contributed by atoms with E-state index in [9.17, 15) is 9.59 Å². The van der Waals surface area contributed by atoms with Crippen LogP contribution in [0.2, 0.25) is 0 Å². The Balaban J connectivity index is 1.23. The minimum absolute atomic E-state index is 0.0235. The molecule has 2 saturated heterocycles. The van der Waals surface area contributed by atoms with Gasteiger partial charge in [0.05, 0.1) is 0 Å². The van der Waals surface area contributed by atoms with Gasteiger partial charge in [-0.05, 0) is 37.2 Å². The predicted octanol–water partition coefficient (Wildman–Crippen LogP) is 3.15. The zero-order valence-corrected chi connectivity index (χ0v) is 17.6. The maximum atomic E-state index is 13.1. The Morgan fingerprint density at radius 1 is 1.13 bits per heavy atom. The summed E-state index contributed by atoms with van der Waals surface area (Å²) in [6.07, 6.45) is 13.8. The molecule has 7 nitrogen and oxygen atoms in total. The van der Waals surface area contributed by atoms with Gasteiger partial charge in [-0.2, -0.15) is 5.10 Å². The van der Waals surface area contributed by atoms with E-state index < -0.39 is 0 Å². The van der Waals surface area contributed by atoms with Gasteiger partial charge in [-0.3, -0.25) is 9.59 Å². The first-order valence-electron chi connectivity index (χ1n) is 11.6. The molecule has 5 rings (SSSR count). The van der Waals surface area contributed by atoms with Crippen LogP contribution in [0.25, 0.3) is 5.65 Å². The van der Waals surface area contributed by atoms with Gasteiger partial charge in [0.25, 0.3) is 5.91 Å². The van der Waals surface area contributed by atoms with Crippen molar-refractivity contribution in [3.63, 3.8) is 0 Å². The fourth-order valence-corrected chi connectivity index (χ4v) is 5.72. The monoisotopic (exact) mass is 409 g/mol. The van der Waals surface area contributed by atoms with Crippen LogP contribution in [0.3, 0.4) is 0 Å². The van der Waals surface area contributed by atoms with E-state index in [1.165, 1.54) is 32.1 Å². The zero-order valence-electron chi connectivity index (χ0n) is 17.6. The van der Waals surface area contributed by atoms with Gasteiger partial charge in [0, 0.05) is 50.6 Å². The summed E-state index contributed by atoms with van der Waals surface area (Å²) in [5, 5.41) is 4.40. The Hall–Kier alpha value is -2.44. The van der Waals surface area contributed by atoms with Gasteiger partial charge in [-0.1, -0.05) is 32.1 Å². The van der Waals surface area contributed by atoms with E-state index in [-0.39, 0.29) is 5.91 Å². The Bertz CT molecular complexity index is 886. The highest BCUT2D eigenvalue weighted by molar-refractivity contribution is 5.93. The van der Waals surface area contributed by atoms with E-state index >= 15 is 0 Å². The zero-order chi connectivity index (χ0) is 20.5. The predicted molar refractivity (Wildman–Crippen MR) is 113 cm³/mol. The molecule has 2 aromatic rings. The molecule has 2 aliphatic heterocycles. The molecule has 7 heteroatoms. The van der Waals surface area contributed by atoms with Gasteiger partial charge in [0.2, 0.25) is 5.91 Å². The van der Waals surface area contributed by atoms with E-state index in [1.54, 1.807) is 22.8 Å². The summed E-state index contributed by atoms with van der Waals surface area (Å²) in [7, 11) is 0. The summed E-state index contributed by atoms with van der Waals surface area (Å²) in [5.74, 6) is 1.46. The van der Waals surface area contributed by atoms with E-state index in [0.717, 1.165) is 38.3 Å². The standard InChI is InChI=1S/C23H31N5O2/c29-22-8-7-18-16-26(23(30)19-15-21-24-11-4-12-28(21)25-19)13-10-20(18)27(22)14-9-17-5-2-1-3-6-17/h4,11-12,15,17-18,20H,1-3,5-10,13-14,16H2/t18-,20+/m0/s1. The highest BCUT2D eigenvalue weighted by Crippen LogP contribution is 2.33. The number of likely N-dealkylation sites (tertiary alicyclic amines) is 2. The van der Waals surface area contributed by atoms with Crippen molar-refractivity contribution in [1.29, 1.82) is 0 Å². The highest BCUT2D eigenvalue weighted by Gasteiger charge is 2.40. The Labute approximate surface area is 177 Å². The van der Waals surface area contributed by atoms with Crippen molar-refractivity contribution in [2.24, 2.45) is 11.8 Å². The molecule has 0 N–H and O–H groups in total. The van der Waals surface area contributed by atoms with Crippen LogP contribution in [-0.2, 0) is 4.79 Å². The molecule has 0 radical (unpaired) electrons. The third-order valence-electron chi connectivity index (χ3n) is 7.39. The number of carbonyl (C=O) groups excluding carboxylic acids is 2. The SMILES string of the molecule is O=C(c1cc2ncccn2n1)N1CC[C@@H]2[C@@H](CCC(=O)N2CCC2CCCCC2)C1. The quantitative estimate of drug-likeness (QED) is 0.778. The summed E-state index contributed by atoms with van der Waals surface area (Å²) in [6.45, 7) is 2.31. The fraction of sp³-hybridized carbons (Fsp3) is 0.652. The number of carbonyl (C=O) groups is 2. The second-order valence-corrected chi connectivity index (χ2v) is 9.24. The summed E-state index contributed by atoms with van der Waals surface area (Å²) in [5.41, 5.74) is 1.14. The van der Waals surface area contributed by atoms with Crippen molar-refractivity contribution in [2.45, 2.75) is 63.8 Å². The number of hydrogen-bond donors (Lipinski definition) is 0. The third kappa shape index (κ3) is 3.82. The van der Waals surface area contributed by atoms with Crippen LogP contribution in [0, 0.1) is 11.8 Å². The molecule has 1 saturated carbocycles. The van der Waals surface area contributed by atoms with Crippen LogP contribution in [0.1, 0.15) is 68.3 Å². The Morgan fingerprint density at radius 3 is 2.83 bits per heavy atom. The number of nitrogens with zero attached hydrogens (tertiary/aromatic N) is 5. The van der Waals surface area contributed by atoms with E-state index in [1.807, 2.05) is 11.1 Å². The summed E-state index contributed by atoms with van der Waals surface area (Å²) >= 11 is 0. The highest BCUT2D eigenvalue weighted by atomic mass is 16.2. The second-order valence-electron chi connectivity index (χ2n) is 9.24. The first kappa shape index (κ1) is 19.5. The fourth-order valence-electron chi connectivity index (χ4n) is 5.72. The number of amides is 2. The summed E-state index contributed by atoms with van der Waals surface area (Å²) in [4.78, 5) is 34.1. The van der Waals surface area contributed by atoms with E-state index in [2.05, 4.69) is 15.0 Å². The van der Waals surface area contributed by atoms with Gasteiger partial charge in [-0.25, -0.2) is 9.50 Å². The Kier molecular flexibility index (Phi) is 5.44. The molecular weight excluding hydrogens is 378 g/mol. The number of aromatic nitrogens is 3. The lowest BCUT2D eigenvalue weighted by atomic mass is 9.82. The lowest BCUT2D eigenvalue weighted by Crippen LogP contribution is -2.57. The van der Waals surface area contributed by atoms with Gasteiger partial charge < -0.3 is 9.80 Å². The van der Waals surface area contributed by atoms with Crippen LogP contribution in [0.4, 0.5) is 0 Å². The number of fused-ring (bicyclic) bond motifs is 2. The van der Waals surface area contributed by atoms with Gasteiger partial charge in [-0.15, -0.1) is 0 Å². The van der Waals surface area contributed by atoms with Gasteiger partial charge in [0.1, 0.15) is 0 Å². The molecule has 4 heterocycles. The van der Waals surface area contributed by atoms with E-state index in [4.69, 9.17) is 0 Å². The maximum Gasteiger partial charge on any atom is 0.274 e. The smallest absolute Gasteiger partial charge is 0.274 e. The largest absolute Gasteiger partial charge is 0.339 e. The van der Waals surface area contributed by atoms with Gasteiger partial charge in [0.15, 0.2) is 11.3 Å².